The number of rotatable bonds is 9. The Morgan fingerprint density at radius 3 is 2.58 bits per heavy atom. The van der Waals surface area contributed by atoms with Gasteiger partial charge >= 0.3 is 0 Å². The van der Waals surface area contributed by atoms with E-state index in [1.165, 1.54) is 32.1 Å². The van der Waals surface area contributed by atoms with E-state index in [9.17, 15) is 10.1 Å². The molecule has 0 saturated carbocycles. The van der Waals surface area contributed by atoms with Crippen molar-refractivity contribution in [2.75, 3.05) is 0 Å². The number of unbranched alkanes of at least 4 members (excludes halogenated alkanes) is 4. The topological polar surface area (TPSA) is 43.1 Å². The summed E-state index contributed by atoms with van der Waals surface area (Å²) in [6.45, 7) is 2.21. The number of benzene rings is 1. The maximum atomic E-state index is 10.9. The van der Waals surface area contributed by atoms with Gasteiger partial charge in [-0.25, -0.2) is 0 Å². The molecule has 0 bridgehead atoms. The Morgan fingerprint density at radius 2 is 1.89 bits per heavy atom. The van der Waals surface area contributed by atoms with E-state index < -0.39 is 0 Å². The van der Waals surface area contributed by atoms with Crippen molar-refractivity contribution in [2.24, 2.45) is 0 Å². The van der Waals surface area contributed by atoms with Gasteiger partial charge in [-0.05, 0) is 12.8 Å². The van der Waals surface area contributed by atoms with Crippen molar-refractivity contribution >= 4 is 21.6 Å². The lowest BCUT2D eigenvalue weighted by Gasteiger charge is -2.10. The smallest absolute Gasteiger partial charge is 0.258 e. The average Bonchev–Trinajstić information content (AvgIpc) is 2.39. The van der Waals surface area contributed by atoms with Gasteiger partial charge in [-0.15, -0.1) is 0 Å². The van der Waals surface area contributed by atoms with Crippen LogP contribution in [0, 0.1) is 10.1 Å². The molecule has 0 heterocycles. The molecule has 0 saturated heterocycles. The number of hydrogen-bond acceptors (Lipinski definition) is 2. The number of nitrogens with zero attached hydrogens (tertiary/aromatic N) is 1. The van der Waals surface area contributed by atoms with Crippen molar-refractivity contribution in [1.82, 2.24) is 0 Å². The summed E-state index contributed by atoms with van der Waals surface area (Å²) in [6, 6.07) is 7.01. The van der Waals surface area contributed by atoms with Crippen LogP contribution in [0.15, 0.2) is 24.3 Å². The molecule has 1 unspecified atom stereocenters. The molecule has 0 fully saturated rings. The largest absolute Gasteiger partial charge is 0.272 e. The van der Waals surface area contributed by atoms with Crippen LogP contribution in [0.2, 0.25) is 0 Å². The molecule has 19 heavy (non-hydrogen) atoms. The molecular weight excluding hydrogens is 306 g/mol. The summed E-state index contributed by atoms with van der Waals surface area (Å²) in [5.41, 5.74) is 1.06. The molecule has 3 nitrogen and oxygen atoms in total. The lowest BCUT2D eigenvalue weighted by molar-refractivity contribution is -0.385. The van der Waals surface area contributed by atoms with Gasteiger partial charge in [0.1, 0.15) is 0 Å². The summed E-state index contributed by atoms with van der Waals surface area (Å²) in [4.78, 5) is 11.0. The number of halogens is 1. The lowest BCUT2D eigenvalue weighted by atomic mass is 10.0. The van der Waals surface area contributed by atoms with E-state index in [2.05, 4.69) is 22.9 Å². The lowest BCUT2D eigenvalue weighted by Crippen LogP contribution is -2.05. The third-order valence-corrected chi connectivity index (χ3v) is 4.03. The molecule has 1 atom stereocenters. The van der Waals surface area contributed by atoms with Crippen LogP contribution in [0.25, 0.3) is 0 Å². The van der Waals surface area contributed by atoms with Crippen molar-refractivity contribution in [3.8, 4) is 0 Å². The van der Waals surface area contributed by atoms with Gasteiger partial charge in [0.05, 0.1) is 4.92 Å². The number of nitro groups is 1. The van der Waals surface area contributed by atoms with Gasteiger partial charge in [-0.2, -0.15) is 0 Å². The highest BCUT2D eigenvalue weighted by Crippen LogP contribution is 2.23. The SMILES string of the molecule is CCCCCCCC(Br)Cc1ccccc1[N+](=O)[O-]. The molecule has 0 spiro atoms. The number of nitro benzene ring substituents is 1. The average molecular weight is 328 g/mol. The summed E-state index contributed by atoms with van der Waals surface area (Å²) in [6.07, 6.45) is 8.11. The molecule has 0 radical (unpaired) electrons. The maximum Gasteiger partial charge on any atom is 0.272 e. The van der Waals surface area contributed by atoms with Gasteiger partial charge in [0.25, 0.3) is 5.69 Å². The van der Waals surface area contributed by atoms with E-state index in [4.69, 9.17) is 0 Å². The van der Waals surface area contributed by atoms with Gasteiger partial charge in [-0.1, -0.05) is 73.2 Å². The standard InChI is InChI=1S/C15H22BrNO2/c1-2-3-4-5-6-10-14(16)12-13-9-7-8-11-15(13)17(18)19/h7-9,11,14H,2-6,10,12H2,1H3. The van der Waals surface area contributed by atoms with Crippen molar-refractivity contribution in [3.63, 3.8) is 0 Å². The van der Waals surface area contributed by atoms with Gasteiger partial charge in [0.2, 0.25) is 0 Å². The molecule has 0 aliphatic carbocycles. The second kappa shape index (κ2) is 9.08. The normalized spacial score (nSPS) is 12.3. The van der Waals surface area contributed by atoms with Crippen LogP contribution >= 0.6 is 15.9 Å². The molecular formula is C15H22BrNO2. The zero-order chi connectivity index (χ0) is 14.1. The highest BCUT2D eigenvalue weighted by molar-refractivity contribution is 9.09. The second-order valence-corrected chi connectivity index (χ2v) is 6.19. The van der Waals surface area contributed by atoms with Gasteiger partial charge in [-0.3, -0.25) is 10.1 Å². The first-order valence-corrected chi connectivity index (χ1v) is 7.93. The van der Waals surface area contributed by atoms with Gasteiger partial charge in [0, 0.05) is 16.5 Å². The van der Waals surface area contributed by atoms with Crippen LogP contribution in [0.1, 0.15) is 51.0 Å². The van der Waals surface area contributed by atoms with E-state index in [0.29, 0.717) is 4.83 Å². The Labute approximate surface area is 123 Å². The van der Waals surface area contributed by atoms with E-state index in [1.54, 1.807) is 12.1 Å². The minimum atomic E-state index is -0.295. The minimum absolute atomic E-state index is 0.234. The van der Waals surface area contributed by atoms with Crippen LogP contribution in [0.5, 0.6) is 0 Å². The van der Waals surface area contributed by atoms with Crippen molar-refractivity contribution in [2.45, 2.75) is 56.7 Å². The molecule has 0 aromatic heterocycles. The fraction of sp³-hybridized carbons (Fsp3) is 0.600. The van der Waals surface area contributed by atoms with E-state index in [-0.39, 0.29) is 10.6 Å². The highest BCUT2D eigenvalue weighted by Gasteiger charge is 2.15. The highest BCUT2D eigenvalue weighted by atomic mass is 79.9. The van der Waals surface area contributed by atoms with Crippen LogP contribution in [0.4, 0.5) is 5.69 Å². The zero-order valence-electron chi connectivity index (χ0n) is 11.5. The van der Waals surface area contributed by atoms with Crippen LogP contribution in [0.3, 0.4) is 0 Å². The van der Waals surface area contributed by atoms with Crippen molar-refractivity contribution < 1.29 is 4.92 Å². The number of para-hydroxylation sites is 1. The monoisotopic (exact) mass is 327 g/mol. The summed E-state index contributed by atoms with van der Waals surface area (Å²) in [7, 11) is 0. The van der Waals surface area contributed by atoms with Crippen LogP contribution < -0.4 is 0 Å². The first-order valence-electron chi connectivity index (χ1n) is 7.01. The first kappa shape index (κ1) is 16.2. The molecule has 1 rings (SSSR count). The maximum absolute atomic E-state index is 10.9. The summed E-state index contributed by atoms with van der Waals surface area (Å²) < 4.78 is 0. The molecule has 0 N–H and O–H groups in total. The second-order valence-electron chi connectivity index (χ2n) is 4.89. The predicted octanol–water partition coefficient (Wildman–Crippen LogP) is 5.26. The van der Waals surface area contributed by atoms with Gasteiger partial charge < -0.3 is 0 Å². The quantitative estimate of drug-likeness (QED) is 0.268. The first-order chi connectivity index (χ1) is 9.15. The summed E-state index contributed by atoms with van der Waals surface area (Å²) in [5.74, 6) is 0. The summed E-state index contributed by atoms with van der Waals surface area (Å²) in [5, 5.41) is 10.9. The van der Waals surface area contributed by atoms with Crippen molar-refractivity contribution in [3.05, 3.63) is 39.9 Å². The molecule has 106 valence electrons. The molecule has 0 amide bonds. The molecule has 1 aromatic carbocycles. The third-order valence-electron chi connectivity index (χ3n) is 3.25. The Kier molecular flexibility index (Phi) is 7.72. The fourth-order valence-corrected chi connectivity index (χ4v) is 2.84. The number of alkyl halides is 1. The predicted molar refractivity (Wildman–Crippen MR) is 82.9 cm³/mol. The molecule has 0 aliphatic heterocycles. The van der Waals surface area contributed by atoms with E-state index in [0.717, 1.165) is 18.4 Å². The zero-order valence-corrected chi connectivity index (χ0v) is 13.1. The van der Waals surface area contributed by atoms with Crippen LogP contribution in [-0.4, -0.2) is 9.75 Å². The molecule has 1 aromatic rings. The Hall–Kier alpha value is -0.900. The number of hydrogen-bond donors (Lipinski definition) is 0. The Morgan fingerprint density at radius 1 is 1.21 bits per heavy atom. The van der Waals surface area contributed by atoms with Crippen molar-refractivity contribution in [1.29, 1.82) is 0 Å². The summed E-state index contributed by atoms with van der Waals surface area (Å²) >= 11 is 3.64. The minimum Gasteiger partial charge on any atom is -0.258 e. The Bertz CT molecular complexity index is 395. The van der Waals surface area contributed by atoms with Gasteiger partial charge in [0.15, 0.2) is 0 Å². The van der Waals surface area contributed by atoms with E-state index in [1.807, 2.05) is 12.1 Å². The third kappa shape index (κ3) is 6.19. The molecule has 4 heteroatoms. The van der Waals surface area contributed by atoms with E-state index >= 15 is 0 Å². The Balaban J connectivity index is 2.39. The molecule has 0 aliphatic rings. The fourth-order valence-electron chi connectivity index (χ4n) is 2.17. The van der Waals surface area contributed by atoms with Crippen LogP contribution in [-0.2, 0) is 6.42 Å².